The normalized spacial score (nSPS) is 10.2. The van der Waals surface area contributed by atoms with Crippen LogP contribution < -0.4 is 10.6 Å². The first-order valence-electron chi connectivity index (χ1n) is 6.80. The number of nitrogens with zero attached hydrogens (tertiary/aromatic N) is 2. The average molecular weight is 305 g/mol. The van der Waals surface area contributed by atoms with Gasteiger partial charge >= 0.3 is 6.03 Å². The Labute approximate surface area is 128 Å². The van der Waals surface area contributed by atoms with Gasteiger partial charge in [-0.1, -0.05) is 24.6 Å². The maximum Gasteiger partial charge on any atom is 0.320 e. The number of halogens is 1. The van der Waals surface area contributed by atoms with E-state index < -0.39 is 0 Å². The maximum absolute atomic E-state index is 11.5. The Hall–Kier alpha value is -2.14. The summed E-state index contributed by atoms with van der Waals surface area (Å²) in [5.74, 6) is 0.414. The number of anilines is 1. The van der Waals surface area contributed by atoms with Crippen LogP contribution in [0.2, 0.25) is 5.02 Å². The van der Waals surface area contributed by atoms with E-state index in [-0.39, 0.29) is 6.03 Å². The summed E-state index contributed by atoms with van der Waals surface area (Å²) in [5, 5.41) is 5.79. The van der Waals surface area contributed by atoms with Gasteiger partial charge in [0.15, 0.2) is 0 Å². The zero-order valence-electron chi connectivity index (χ0n) is 12.0. The molecular formula is C15H17ClN4O. The molecule has 0 spiro atoms. The average Bonchev–Trinajstić information content (AvgIpc) is 2.47. The van der Waals surface area contributed by atoms with Crippen LogP contribution in [0.1, 0.15) is 19.5 Å². The highest BCUT2D eigenvalue weighted by Gasteiger charge is 2.11. The van der Waals surface area contributed by atoms with Crippen LogP contribution in [-0.4, -0.2) is 22.5 Å². The number of amides is 2. The lowest BCUT2D eigenvalue weighted by atomic mass is 10.0. The Kier molecular flexibility index (Phi) is 5.11. The van der Waals surface area contributed by atoms with E-state index in [9.17, 15) is 4.79 Å². The van der Waals surface area contributed by atoms with E-state index in [0.717, 1.165) is 23.2 Å². The van der Waals surface area contributed by atoms with Crippen molar-refractivity contribution in [2.75, 3.05) is 11.9 Å². The molecule has 0 aliphatic heterocycles. The van der Waals surface area contributed by atoms with Gasteiger partial charge in [0.05, 0.1) is 5.02 Å². The molecule has 0 fully saturated rings. The number of hydrogen-bond donors (Lipinski definition) is 2. The summed E-state index contributed by atoms with van der Waals surface area (Å²) in [6.07, 6.45) is 4.22. The van der Waals surface area contributed by atoms with Crippen LogP contribution in [0, 0.1) is 0 Å². The molecule has 0 aromatic carbocycles. The minimum Gasteiger partial charge on any atom is -0.338 e. The lowest BCUT2D eigenvalue weighted by Gasteiger charge is -2.10. The minimum atomic E-state index is -0.301. The Morgan fingerprint density at radius 3 is 2.76 bits per heavy atom. The zero-order chi connectivity index (χ0) is 15.2. The summed E-state index contributed by atoms with van der Waals surface area (Å²) in [5.41, 5.74) is 2.73. The highest BCUT2D eigenvalue weighted by molar-refractivity contribution is 6.33. The Bertz CT molecular complexity index is 645. The van der Waals surface area contributed by atoms with E-state index >= 15 is 0 Å². The quantitative estimate of drug-likeness (QED) is 0.908. The van der Waals surface area contributed by atoms with Gasteiger partial charge in [-0.05, 0) is 19.4 Å². The Balaban J connectivity index is 2.29. The lowest BCUT2D eigenvalue weighted by molar-refractivity contribution is 0.252. The summed E-state index contributed by atoms with van der Waals surface area (Å²) in [7, 11) is 0. The van der Waals surface area contributed by atoms with Crippen molar-refractivity contribution in [2.24, 2.45) is 0 Å². The van der Waals surface area contributed by atoms with E-state index in [4.69, 9.17) is 11.6 Å². The first kappa shape index (κ1) is 15.3. The highest BCUT2D eigenvalue weighted by atomic mass is 35.5. The molecule has 0 unspecified atom stereocenters. The fourth-order valence-corrected chi connectivity index (χ4v) is 2.24. The van der Waals surface area contributed by atoms with Crippen molar-refractivity contribution >= 4 is 23.4 Å². The molecule has 6 heteroatoms. The van der Waals surface area contributed by atoms with Gasteiger partial charge in [-0.3, -0.25) is 10.3 Å². The summed E-state index contributed by atoms with van der Waals surface area (Å²) in [4.78, 5) is 20.0. The molecule has 0 saturated heterocycles. The molecule has 2 N–H and O–H groups in total. The summed E-state index contributed by atoms with van der Waals surface area (Å²) in [6, 6.07) is 5.17. The number of hydrogen-bond acceptors (Lipinski definition) is 3. The van der Waals surface area contributed by atoms with Crippen LogP contribution in [0.5, 0.6) is 0 Å². The molecule has 21 heavy (non-hydrogen) atoms. The highest BCUT2D eigenvalue weighted by Crippen LogP contribution is 2.30. The monoisotopic (exact) mass is 304 g/mol. The van der Waals surface area contributed by atoms with Crippen LogP contribution >= 0.6 is 11.6 Å². The first-order chi connectivity index (χ1) is 10.2. The molecule has 2 amide bonds. The fraction of sp³-hybridized carbons (Fsp3) is 0.267. The molecule has 2 heterocycles. The summed E-state index contributed by atoms with van der Waals surface area (Å²) < 4.78 is 0. The molecule has 2 aromatic heterocycles. The van der Waals surface area contributed by atoms with Gasteiger partial charge in [0.25, 0.3) is 0 Å². The second kappa shape index (κ2) is 7.04. The number of carbonyl (C=O) groups is 1. The van der Waals surface area contributed by atoms with Crippen molar-refractivity contribution in [3.8, 4) is 11.1 Å². The number of pyridine rings is 2. The van der Waals surface area contributed by atoms with Crippen molar-refractivity contribution in [1.29, 1.82) is 0 Å². The molecular weight excluding hydrogens is 288 g/mol. The molecule has 0 aliphatic rings. The van der Waals surface area contributed by atoms with Gasteiger partial charge in [0, 0.05) is 41.8 Å². The largest absolute Gasteiger partial charge is 0.338 e. The van der Waals surface area contributed by atoms with Crippen molar-refractivity contribution in [2.45, 2.75) is 20.3 Å². The van der Waals surface area contributed by atoms with Gasteiger partial charge in [0.2, 0.25) is 0 Å². The topological polar surface area (TPSA) is 66.9 Å². The third-order valence-corrected chi connectivity index (χ3v) is 3.26. The van der Waals surface area contributed by atoms with Gasteiger partial charge in [0.1, 0.15) is 5.82 Å². The number of rotatable bonds is 4. The standard InChI is InChI=1S/C15H17ClN4O/c1-3-13-10(6-5-7-18-13)11-9-19-14(8-12(11)16)20-15(21)17-4-2/h5-9H,3-4H2,1-2H3,(H2,17,19,20,21). The third kappa shape index (κ3) is 3.70. The fourth-order valence-electron chi connectivity index (χ4n) is 1.98. The number of nitrogens with one attached hydrogen (secondary N) is 2. The van der Waals surface area contributed by atoms with E-state index in [1.807, 2.05) is 26.0 Å². The third-order valence-electron chi connectivity index (χ3n) is 2.95. The van der Waals surface area contributed by atoms with Gasteiger partial charge in [-0.15, -0.1) is 0 Å². The van der Waals surface area contributed by atoms with Crippen molar-refractivity contribution in [1.82, 2.24) is 15.3 Å². The molecule has 0 radical (unpaired) electrons. The van der Waals surface area contributed by atoms with Crippen molar-refractivity contribution in [3.63, 3.8) is 0 Å². The molecule has 110 valence electrons. The van der Waals surface area contributed by atoms with Crippen LogP contribution in [0.3, 0.4) is 0 Å². The van der Waals surface area contributed by atoms with Crippen LogP contribution in [0.4, 0.5) is 10.6 Å². The van der Waals surface area contributed by atoms with Gasteiger partial charge in [-0.25, -0.2) is 9.78 Å². The molecule has 0 aliphatic carbocycles. The molecule has 0 bridgehead atoms. The second-order valence-electron chi connectivity index (χ2n) is 4.39. The number of aryl methyl sites for hydroxylation is 1. The predicted octanol–water partition coefficient (Wildman–Crippen LogP) is 3.50. The van der Waals surface area contributed by atoms with Crippen LogP contribution in [0.15, 0.2) is 30.6 Å². The first-order valence-corrected chi connectivity index (χ1v) is 7.18. The lowest BCUT2D eigenvalue weighted by Crippen LogP contribution is -2.28. The smallest absolute Gasteiger partial charge is 0.320 e. The molecule has 2 rings (SSSR count). The number of urea groups is 1. The van der Waals surface area contributed by atoms with Crippen LogP contribution in [-0.2, 0) is 6.42 Å². The van der Waals surface area contributed by atoms with E-state index in [2.05, 4.69) is 20.6 Å². The van der Waals surface area contributed by atoms with Crippen LogP contribution in [0.25, 0.3) is 11.1 Å². The Morgan fingerprint density at radius 2 is 2.10 bits per heavy atom. The maximum atomic E-state index is 11.5. The van der Waals surface area contributed by atoms with Crippen molar-refractivity contribution in [3.05, 3.63) is 41.3 Å². The zero-order valence-corrected chi connectivity index (χ0v) is 12.7. The SMILES string of the molecule is CCNC(=O)Nc1cc(Cl)c(-c2cccnc2CC)cn1. The van der Waals surface area contributed by atoms with E-state index in [1.54, 1.807) is 18.5 Å². The van der Waals surface area contributed by atoms with Gasteiger partial charge < -0.3 is 5.32 Å². The van der Waals surface area contributed by atoms with Crippen molar-refractivity contribution < 1.29 is 4.79 Å². The predicted molar refractivity (Wildman–Crippen MR) is 84.6 cm³/mol. The number of carbonyl (C=O) groups excluding carboxylic acids is 1. The molecule has 0 atom stereocenters. The second-order valence-corrected chi connectivity index (χ2v) is 4.79. The molecule has 0 saturated carbocycles. The van der Waals surface area contributed by atoms with E-state index in [1.165, 1.54) is 0 Å². The van der Waals surface area contributed by atoms with Gasteiger partial charge in [-0.2, -0.15) is 0 Å². The summed E-state index contributed by atoms with van der Waals surface area (Å²) >= 11 is 6.31. The molecule has 2 aromatic rings. The summed E-state index contributed by atoms with van der Waals surface area (Å²) in [6.45, 7) is 4.43. The molecule has 5 nitrogen and oxygen atoms in total. The minimum absolute atomic E-state index is 0.301. The van der Waals surface area contributed by atoms with E-state index in [0.29, 0.717) is 17.4 Å². The number of aromatic nitrogens is 2. The Morgan fingerprint density at radius 1 is 1.29 bits per heavy atom.